The lowest BCUT2D eigenvalue weighted by molar-refractivity contribution is 0.0946. The summed E-state index contributed by atoms with van der Waals surface area (Å²) >= 11 is 0. The van der Waals surface area contributed by atoms with Crippen LogP contribution in [0.5, 0.6) is 0 Å². The Labute approximate surface area is 111 Å². The molecule has 2 aromatic heterocycles. The molecule has 3 N–H and O–H groups in total. The maximum atomic E-state index is 12.0. The van der Waals surface area contributed by atoms with Crippen LogP contribution in [0.3, 0.4) is 0 Å². The molecule has 2 rings (SSSR count). The van der Waals surface area contributed by atoms with Crippen LogP contribution >= 0.6 is 0 Å². The molecule has 1 amide bonds. The molecular weight excluding hydrogens is 242 g/mol. The van der Waals surface area contributed by atoms with Crippen molar-refractivity contribution in [1.82, 2.24) is 20.1 Å². The van der Waals surface area contributed by atoms with Crippen LogP contribution in [0.2, 0.25) is 0 Å². The number of pyridine rings is 1. The molecule has 6 nitrogen and oxygen atoms in total. The highest BCUT2D eigenvalue weighted by Gasteiger charge is 2.14. The number of nitrogens with zero attached hydrogens (tertiary/aromatic N) is 3. The summed E-state index contributed by atoms with van der Waals surface area (Å²) in [7, 11) is 0. The van der Waals surface area contributed by atoms with Gasteiger partial charge >= 0.3 is 0 Å². The monoisotopic (exact) mass is 259 g/mol. The van der Waals surface area contributed by atoms with Gasteiger partial charge in [-0.2, -0.15) is 5.10 Å². The number of carbonyl (C=O) groups excluding carboxylic acids is 1. The SMILES string of the molecule is CCn1cc(N)c(C(=O)NCc2ccncc2C)n1. The van der Waals surface area contributed by atoms with Crippen molar-refractivity contribution in [2.24, 2.45) is 0 Å². The number of carbonyl (C=O) groups is 1. The van der Waals surface area contributed by atoms with Crippen LogP contribution in [0.1, 0.15) is 28.5 Å². The third-order valence-electron chi connectivity index (χ3n) is 2.90. The van der Waals surface area contributed by atoms with Gasteiger partial charge in [0.1, 0.15) is 0 Å². The highest BCUT2D eigenvalue weighted by Crippen LogP contribution is 2.10. The van der Waals surface area contributed by atoms with Gasteiger partial charge in [-0.25, -0.2) is 0 Å². The molecule has 100 valence electrons. The molecule has 2 heterocycles. The summed E-state index contributed by atoms with van der Waals surface area (Å²) < 4.78 is 1.64. The standard InChI is InChI=1S/C13H17N5O/c1-3-18-8-11(14)12(17-18)13(19)16-7-10-4-5-15-6-9(10)2/h4-6,8H,3,7,14H2,1-2H3,(H,16,19). The van der Waals surface area contributed by atoms with Crippen LogP contribution in [0, 0.1) is 6.92 Å². The average Bonchev–Trinajstić information content (AvgIpc) is 2.79. The molecule has 0 spiro atoms. The quantitative estimate of drug-likeness (QED) is 0.861. The largest absolute Gasteiger partial charge is 0.396 e. The number of aromatic nitrogens is 3. The number of nitrogens with one attached hydrogen (secondary N) is 1. The predicted octanol–water partition coefficient (Wildman–Crippen LogP) is 1.12. The minimum Gasteiger partial charge on any atom is -0.396 e. The van der Waals surface area contributed by atoms with E-state index in [1.807, 2.05) is 19.9 Å². The Morgan fingerprint density at radius 2 is 2.32 bits per heavy atom. The normalized spacial score (nSPS) is 10.4. The molecule has 0 unspecified atom stereocenters. The Bertz CT molecular complexity index is 590. The van der Waals surface area contributed by atoms with Crippen molar-refractivity contribution in [3.8, 4) is 0 Å². The van der Waals surface area contributed by atoms with Gasteiger partial charge in [-0.05, 0) is 31.0 Å². The lowest BCUT2D eigenvalue weighted by Crippen LogP contribution is -2.24. The van der Waals surface area contributed by atoms with Crippen LogP contribution in [-0.2, 0) is 13.1 Å². The number of anilines is 1. The van der Waals surface area contributed by atoms with E-state index in [2.05, 4.69) is 15.4 Å². The molecule has 0 aliphatic rings. The van der Waals surface area contributed by atoms with E-state index in [-0.39, 0.29) is 11.6 Å². The van der Waals surface area contributed by atoms with Crippen LogP contribution in [-0.4, -0.2) is 20.7 Å². The molecule has 0 radical (unpaired) electrons. The van der Waals surface area contributed by atoms with E-state index in [0.29, 0.717) is 18.8 Å². The molecule has 0 saturated heterocycles. The first kappa shape index (κ1) is 13.1. The van der Waals surface area contributed by atoms with Gasteiger partial charge in [-0.1, -0.05) is 0 Å². The predicted molar refractivity (Wildman–Crippen MR) is 72.5 cm³/mol. The fourth-order valence-corrected chi connectivity index (χ4v) is 1.74. The van der Waals surface area contributed by atoms with Crippen LogP contribution in [0.15, 0.2) is 24.7 Å². The number of hydrogen-bond donors (Lipinski definition) is 2. The zero-order valence-corrected chi connectivity index (χ0v) is 11.1. The maximum Gasteiger partial charge on any atom is 0.274 e. The van der Waals surface area contributed by atoms with E-state index in [1.54, 1.807) is 23.3 Å². The topological polar surface area (TPSA) is 85.8 Å². The van der Waals surface area contributed by atoms with E-state index in [0.717, 1.165) is 11.1 Å². The zero-order valence-electron chi connectivity index (χ0n) is 11.1. The molecule has 0 atom stereocenters. The molecule has 0 aliphatic carbocycles. The molecular formula is C13H17N5O. The van der Waals surface area contributed by atoms with Gasteiger partial charge in [-0.3, -0.25) is 14.5 Å². The van der Waals surface area contributed by atoms with Crippen molar-refractivity contribution in [2.75, 3.05) is 5.73 Å². The number of hydrogen-bond acceptors (Lipinski definition) is 4. The lowest BCUT2D eigenvalue weighted by Gasteiger charge is -2.06. The first-order valence-corrected chi connectivity index (χ1v) is 6.12. The summed E-state index contributed by atoms with van der Waals surface area (Å²) in [6.07, 6.45) is 5.13. The Balaban J connectivity index is 2.05. The smallest absolute Gasteiger partial charge is 0.274 e. The number of aryl methyl sites for hydroxylation is 2. The first-order chi connectivity index (χ1) is 9.11. The number of rotatable bonds is 4. The van der Waals surface area contributed by atoms with Crippen molar-refractivity contribution in [2.45, 2.75) is 26.9 Å². The summed E-state index contributed by atoms with van der Waals surface area (Å²) in [4.78, 5) is 16.0. The number of nitrogens with two attached hydrogens (primary N) is 1. The van der Waals surface area contributed by atoms with Gasteiger partial charge in [0.05, 0.1) is 5.69 Å². The van der Waals surface area contributed by atoms with E-state index in [1.165, 1.54) is 0 Å². The second-order valence-electron chi connectivity index (χ2n) is 4.27. The van der Waals surface area contributed by atoms with Gasteiger partial charge < -0.3 is 11.1 Å². The van der Waals surface area contributed by atoms with Crippen LogP contribution in [0.25, 0.3) is 0 Å². The van der Waals surface area contributed by atoms with Crippen molar-refractivity contribution in [3.63, 3.8) is 0 Å². The van der Waals surface area contributed by atoms with E-state index in [4.69, 9.17) is 5.73 Å². The second kappa shape index (κ2) is 5.51. The average molecular weight is 259 g/mol. The van der Waals surface area contributed by atoms with Crippen LogP contribution in [0.4, 0.5) is 5.69 Å². The highest BCUT2D eigenvalue weighted by atomic mass is 16.1. The Morgan fingerprint density at radius 1 is 1.53 bits per heavy atom. The molecule has 0 fully saturated rings. The summed E-state index contributed by atoms with van der Waals surface area (Å²) in [6, 6.07) is 1.88. The molecule has 19 heavy (non-hydrogen) atoms. The highest BCUT2D eigenvalue weighted by molar-refractivity contribution is 5.96. The van der Waals surface area contributed by atoms with Crippen LogP contribution < -0.4 is 11.1 Å². The van der Waals surface area contributed by atoms with Crippen molar-refractivity contribution < 1.29 is 4.79 Å². The van der Waals surface area contributed by atoms with E-state index < -0.39 is 0 Å². The second-order valence-corrected chi connectivity index (χ2v) is 4.27. The Kier molecular flexibility index (Phi) is 3.79. The summed E-state index contributed by atoms with van der Waals surface area (Å²) in [5.74, 6) is -0.263. The third kappa shape index (κ3) is 2.90. The maximum absolute atomic E-state index is 12.0. The lowest BCUT2D eigenvalue weighted by atomic mass is 10.1. The molecule has 0 aromatic carbocycles. The zero-order chi connectivity index (χ0) is 13.8. The van der Waals surface area contributed by atoms with Gasteiger partial charge in [0, 0.05) is 31.7 Å². The third-order valence-corrected chi connectivity index (χ3v) is 2.90. The van der Waals surface area contributed by atoms with Crippen molar-refractivity contribution in [3.05, 3.63) is 41.5 Å². The molecule has 0 saturated carbocycles. The summed E-state index contributed by atoms with van der Waals surface area (Å²) in [5.41, 5.74) is 8.49. The number of amides is 1. The van der Waals surface area contributed by atoms with Gasteiger partial charge in [0.25, 0.3) is 5.91 Å². The molecule has 2 aromatic rings. The minimum absolute atomic E-state index is 0.263. The first-order valence-electron chi connectivity index (χ1n) is 6.12. The van der Waals surface area contributed by atoms with Gasteiger partial charge in [0.15, 0.2) is 5.69 Å². The number of nitrogen functional groups attached to an aromatic ring is 1. The fourth-order valence-electron chi connectivity index (χ4n) is 1.74. The Hall–Kier alpha value is -2.37. The fraction of sp³-hybridized carbons (Fsp3) is 0.308. The molecule has 0 bridgehead atoms. The van der Waals surface area contributed by atoms with Crippen molar-refractivity contribution in [1.29, 1.82) is 0 Å². The Morgan fingerprint density at radius 3 is 2.95 bits per heavy atom. The summed E-state index contributed by atoms with van der Waals surface area (Å²) in [5, 5.41) is 6.94. The molecule has 0 aliphatic heterocycles. The van der Waals surface area contributed by atoms with E-state index >= 15 is 0 Å². The van der Waals surface area contributed by atoms with E-state index in [9.17, 15) is 4.79 Å². The summed E-state index contributed by atoms with van der Waals surface area (Å²) in [6.45, 7) is 5.01. The van der Waals surface area contributed by atoms with Crippen molar-refractivity contribution >= 4 is 11.6 Å². The van der Waals surface area contributed by atoms with Gasteiger partial charge in [0.2, 0.25) is 0 Å². The minimum atomic E-state index is -0.263. The molecule has 6 heteroatoms. The van der Waals surface area contributed by atoms with Gasteiger partial charge in [-0.15, -0.1) is 0 Å².